The lowest BCUT2D eigenvalue weighted by Gasteiger charge is -2.30. The van der Waals surface area contributed by atoms with Gasteiger partial charge in [0.1, 0.15) is 0 Å². The van der Waals surface area contributed by atoms with Crippen molar-refractivity contribution in [2.24, 2.45) is 0 Å². The number of carbonyl (C=O) groups is 1. The third-order valence-corrected chi connectivity index (χ3v) is 3.59. The summed E-state index contributed by atoms with van der Waals surface area (Å²) in [4.78, 5) is 22.2. The third kappa shape index (κ3) is 4.99. The molecule has 1 aliphatic rings. The monoisotopic (exact) mass is 313 g/mol. The fourth-order valence-corrected chi connectivity index (χ4v) is 2.46. The summed E-state index contributed by atoms with van der Waals surface area (Å²) in [7, 11) is 0. The van der Waals surface area contributed by atoms with E-state index in [1.54, 1.807) is 12.1 Å². The van der Waals surface area contributed by atoms with E-state index in [0.717, 1.165) is 19.4 Å². The molecule has 0 spiro atoms. The zero-order valence-electron chi connectivity index (χ0n) is 11.9. The highest BCUT2D eigenvalue weighted by Crippen LogP contribution is 2.14. The number of nitro groups is 1. The summed E-state index contributed by atoms with van der Waals surface area (Å²) in [5.74, 6) is -0.0916. The molecule has 0 radical (unpaired) electrons. The highest BCUT2D eigenvalue weighted by molar-refractivity contribution is 5.85. The maximum absolute atomic E-state index is 12.0. The molecule has 2 N–H and O–H groups in total. The lowest BCUT2D eigenvalue weighted by molar-refractivity contribution is -0.384. The van der Waals surface area contributed by atoms with Crippen LogP contribution in [0.2, 0.25) is 0 Å². The molecule has 1 aromatic rings. The number of nitro benzene ring substituents is 1. The predicted molar refractivity (Wildman–Crippen MR) is 82.7 cm³/mol. The zero-order valence-corrected chi connectivity index (χ0v) is 12.7. The van der Waals surface area contributed by atoms with Gasteiger partial charge in [0.25, 0.3) is 5.69 Å². The smallest absolute Gasteiger partial charge is 0.269 e. The molecule has 2 rings (SSSR count). The van der Waals surface area contributed by atoms with Crippen LogP contribution in [-0.2, 0) is 11.2 Å². The first-order valence-electron chi connectivity index (χ1n) is 6.82. The number of nitrogens with zero attached hydrogens (tertiary/aromatic N) is 1. The van der Waals surface area contributed by atoms with Gasteiger partial charge in [-0.15, -0.1) is 12.4 Å². The molecular weight excluding hydrogens is 294 g/mol. The minimum absolute atomic E-state index is 0. The number of benzene rings is 1. The molecule has 0 aromatic heterocycles. The number of carbonyl (C=O) groups excluding carboxylic acids is 1. The largest absolute Gasteiger partial charge is 0.352 e. The zero-order chi connectivity index (χ0) is 14.5. The second-order valence-corrected chi connectivity index (χ2v) is 5.16. The molecule has 7 heteroatoms. The van der Waals surface area contributed by atoms with Gasteiger partial charge in [-0.05, 0) is 31.9 Å². The lowest BCUT2D eigenvalue weighted by atomic mass is 9.99. The highest BCUT2D eigenvalue weighted by atomic mass is 35.5. The molecular formula is C14H20ClN3O3. The molecule has 1 aromatic carbocycles. The molecule has 0 saturated carbocycles. The molecule has 0 aliphatic carbocycles. The standard InChI is InChI=1S/C14H19N3O3.ClH/c1-10-13(6-3-7-15-10)16-14(18)9-11-4-2-5-12(8-11)17(19)20;/h2,4-5,8,10,13,15H,3,6-7,9H2,1H3,(H,16,18);1H. The number of nitrogens with one attached hydrogen (secondary N) is 2. The number of hydrogen-bond donors (Lipinski definition) is 2. The number of amides is 1. The van der Waals surface area contributed by atoms with Crippen LogP contribution in [0.3, 0.4) is 0 Å². The topological polar surface area (TPSA) is 84.3 Å². The number of halogens is 1. The van der Waals surface area contributed by atoms with Crippen molar-refractivity contribution in [3.8, 4) is 0 Å². The minimum Gasteiger partial charge on any atom is -0.352 e. The first-order valence-corrected chi connectivity index (χ1v) is 6.82. The van der Waals surface area contributed by atoms with Gasteiger partial charge in [-0.2, -0.15) is 0 Å². The Kier molecular flexibility index (Phi) is 6.58. The summed E-state index contributed by atoms with van der Waals surface area (Å²) < 4.78 is 0. The second-order valence-electron chi connectivity index (χ2n) is 5.16. The third-order valence-electron chi connectivity index (χ3n) is 3.59. The molecule has 2 unspecified atom stereocenters. The summed E-state index contributed by atoms with van der Waals surface area (Å²) in [6.45, 7) is 3.04. The molecule has 1 aliphatic heterocycles. The van der Waals surface area contributed by atoms with E-state index in [9.17, 15) is 14.9 Å². The molecule has 6 nitrogen and oxygen atoms in total. The van der Waals surface area contributed by atoms with Crippen molar-refractivity contribution in [2.45, 2.75) is 38.3 Å². The summed E-state index contributed by atoms with van der Waals surface area (Å²) in [5.41, 5.74) is 0.677. The van der Waals surface area contributed by atoms with Gasteiger partial charge in [-0.3, -0.25) is 14.9 Å². The summed E-state index contributed by atoms with van der Waals surface area (Å²) in [6.07, 6.45) is 2.19. The average molecular weight is 314 g/mol. The molecule has 1 amide bonds. The Labute approximate surface area is 129 Å². The summed E-state index contributed by atoms with van der Waals surface area (Å²) in [5, 5.41) is 17.0. The van der Waals surface area contributed by atoms with E-state index in [0.29, 0.717) is 5.56 Å². The van der Waals surface area contributed by atoms with E-state index in [4.69, 9.17) is 0 Å². The van der Waals surface area contributed by atoms with Crippen LogP contribution in [0.1, 0.15) is 25.3 Å². The predicted octanol–water partition coefficient (Wildman–Crippen LogP) is 1.82. The van der Waals surface area contributed by atoms with E-state index < -0.39 is 4.92 Å². The SMILES string of the molecule is CC1NCCCC1NC(=O)Cc1cccc([N+](=O)[O-])c1.Cl. The molecule has 1 saturated heterocycles. The Bertz CT molecular complexity index is 510. The molecule has 116 valence electrons. The number of piperidine rings is 1. The van der Waals surface area contributed by atoms with Gasteiger partial charge in [0.2, 0.25) is 5.91 Å². The Morgan fingerprint density at radius 2 is 2.29 bits per heavy atom. The van der Waals surface area contributed by atoms with Gasteiger partial charge in [-0.25, -0.2) is 0 Å². The fourth-order valence-electron chi connectivity index (χ4n) is 2.46. The first-order chi connectivity index (χ1) is 9.56. The fraction of sp³-hybridized carbons (Fsp3) is 0.500. The van der Waals surface area contributed by atoms with Gasteiger partial charge in [0, 0.05) is 24.2 Å². The van der Waals surface area contributed by atoms with E-state index in [1.165, 1.54) is 12.1 Å². The van der Waals surface area contributed by atoms with Crippen molar-refractivity contribution in [1.82, 2.24) is 10.6 Å². The van der Waals surface area contributed by atoms with Gasteiger partial charge < -0.3 is 10.6 Å². The van der Waals surface area contributed by atoms with Crippen molar-refractivity contribution in [1.29, 1.82) is 0 Å². The number of rotatable bonds is 4. The molecule has 0 bridgehead atoms. The molecule has 2 atom stereocenters. The van der Waals surface area contributed by atoms with Crippen molar-refractivity contribution in [3.63, 3.8) is 0 Å². The van der Waals surface area contributed by atoms with Crippen LogP contribution in [-0.4, -0.2) is 29.5 Å². The minimum atomic E-state index is -0.450. The van der Waals surface area contributed by atoms with Crippen LogP contribution >= 0.6 is 12.4 Å². The van der Waals surface area contributed by atoms with E-state index >= 15 is 0 Å². The van der Waals surface area contributed by atoms with Gasteiger partial charge in [0.15, 0.2) is 0 Å². The average Bonchev–Trinajstić information content (AvgIpc) is 2.41. The van der Waals surface area contributed by atoms with Crippen LogP contribution in [0.15, 0.2) is 24.3 Å². The lowest BCUT2D eigenvalue weighted by Crippen LogP contribution is -2.52. The van der Waals surface area contributed by atoms with Crippen LogP contribution in [0.4, 0.5) is 5.69 Å². The Morgan fingerprint density at radius 3 is 2.95 bits per heavy atom. The maximum atomic E-state index is 12.0. The van der Waals surface area contributed by atoms with Crippen molar-refractivity contribution in [2.75, 3.05) is 6.54 Å². The van der Waals surface area contributed by atoms with Gasteiger partial charge in [0.05, 0.1) is 11.3 Å². The second kappa shape index (κ2) is 7.95. The molecule has 1 heterocycles. The van der Waals surface area contributed by atoms with E-state index in [1.807, 2.05) is 0 Å². The maximum Gasteiger partial charge on any atom is 0.269 e. The van der Waals surface area contributed by atoms with Crippen LogP contribution in [0.5, 0.6) is 0 Å². The Hall–Kier alpha value is -1.66. The van der Waals surface area contributed by atoms with Gasteiger partial charge in [-0.1, -0.05) is 12.1 Å². The van der Waals surface area contributed by atoms with Crippen molar-refractivity contribution >= 4 is 24.0 Å². The van der Waals surface area contributed by atoms with Crippen molar-refractivity contribution in [3.05, 3.63) is 39.9 Å². The van der Waals surface area contributed by atoms with Crippen LogP contribution in [0, 0.1) is 10.1 Å². The quantitative estimate of drug-likeness (QED) is 0.656. The van der Waals surface area contributed by atoms with Gasteiger partial charge >= 0.3 is 0 Å². The normalized spacial score (nSPS) is 21.2. The van der Waals surface area contributed by atoms with Crippen LogP contribution < -0.4 is 10.6 Å². The Morgan fingerprint density at radius 1 is 1.52 bits per heavy atom. The van der Waals surface area contributed by atoms with E-state index in [-0.39, 0.29) is 42.5 Å². The summed E-state index contributed by atoms with van der Waals surface area (Å²) >= 11 is 0. The highest BCUT2D eigenvalue weighted by Gasteiger charge is 2.22. The molecule has 1 fully saturated rings. The van der Waals surface area contributed by atoms with Crippen molar-refractivity contribution < 1.29 is 9.72 Å². The Balaban J connectivity index is 0.00000220. The number of non-ortho nitro benzene ring substituents is 1. The summed E-state index contributed by atoms with van der Waals surface area (Å²) in [6, 6.07) is 6.60. The molecule has 21 heavy (non-hydrogen) atoms. The number of hydrogen-bond acceptors (Lipinski definition) is 4. The van der Waals surface area contributed by atoms with Crippen LogP contribution in [0.25, 0.3) is 0 Å². The van der Waals surface area contributed by atoms with E-state index in [2.05, 4.69) is 17.6 Å². The first kappa shape index (κ1) is 17.4.